The van der Waals surface area contributed by atoms with E-state index in [4.69, 9.17) is 15.2 Å². The van der Waals surface area contributed by atoms with Crippen LogP contribution in [0.3, 0.4) is 0 Å². The van der Waals surface area contributed by atoms with E-state index in [1.54, 1.807) is 0 Å². The van der Waals surface area contributed by atoms with Crippen LogP contribution in [-0.2, 0) is 5.41 Å². The van der Waals surface area contributed by atoms with Gasteiger partial charge in [0, 0.05) is 23.4 Å². The van der Waals surface area contributed by atoms with Crippen molar-refractivity contribution in [3.05, 3.63) is 17.7 Å². The maximum Gasteiger partial charge on any atom is 0.203 e. The van der Waals surface area contributed by atoms with Crippen molar-refractivity contribution in [3.8, 4) is 17.2 Å². The van der Waals surface area contributed by atoms with Crippen LogP contribution in [0.5, 0.6) is 17.2 Å². The Morgan fingerprint density at radius 1 is 1.28 bits per heavy atom. The van der Waals surface area contributed by atoms with Crippen LogP contribution in [-0.4, -0.2) is 24.4 Å². The predicted octanol–water partition coefficient (Wildman–Crippen LogP) is 1.93. The Bertz CT molecular complexity index is 466. The van der Waals surface area contributed by atoms with E-state index in [1.807, 2.05) is 19.1 Å². The molecule has 18 heavy (non-hydrogen) atoms. The second-order valence-electron chi connectivity index (χ2n) is 5.28. The standard InChI is InChI=1S/C14H19NO3/c1-9(15)14(5-6-14)10-3-4-11-13(12(10)16)18-8-2-7-17-11/h3-4,9,16H,2,5-8,15H2,1H3. The average Bonchev–Trinajstić information content (AvgIpc) is 3.13. The summed E-state index contributed by atoms with van der Waals surface area (Å²) in [5, 5.41) is 10.4. The van der Waals surface area contributed by atoms with Gasteiger partial charge in [-0.05, 0) is 25.8 Å². The van der Waals surface area contributed by atoms with Crippen LogP contribution in [0.2, 0.25) is 0 Å². The van der Waals surface area contributed by atoms with E-state index in [1.165, 1.54) is 0 Å². The van der Waals surface area contributed by atoms with E-state index in [2.05, 4.69) is 0 Å². The first-order valence-corrected chi connectivity index (χ1v) is 6.53. The zero-order valence-corrected chi connectivity index (χ0v) is 10.6. The molecule has 0 spiro atoms. The molecule has 0 amide bonds. The maximum absolute atomic E-state index is 10.4. The van der Waals surface area contributed by atoms with Crippen molar-refractivity contribution in [2.45, 2.75) is 37.6 Å². The number of benzene rings is 1. The summed E-state index contributed by atoms with van der Waals surface area (Å²) >= 11 is 0. The fraction of sp³-hybridized carbons (Fsp3) is 0.571. The molecule has 4 heteroatoms. The summed E-state index contributed by atoms with van der Waals surface area (Å²) in [6, 6.07) is 3.85. The third kappa shape index (κ3) is 1.63. The van der Waals surface area contributed by atoms with Crippen LogP contribution >= 0.6 is 0 Å². The van der Waals surface area contributed by atoms with Crippen LogP contribution in [0.25, 0.3) is 0 Å². The quantitative estimate of drug-likeness (QED) is 0.840. The second-order valence-corrected chi connectivity index (χ2v) is 5.28. The van der Waals surface area contributed by atoms with Crippen molar-refractivity contribution in [2.75, 3.05) is 13.2 Å². The summed E-state index contributed by atoms with van der Waals surface area (Å²) < 4.78 is 11.2. The van der Waals surface area contributed by atoms with Crippen LogP contribution in [0.1, 0.15) is 31.7 Å². The normalized spacial score (nSPS) is 22.1. The molecule has 1 heterocycles. The second kappa shape index (κ2) is 4.05. The molecular weight excluding hydrogens is 230 g/mol. The lowest BCUT2D eigenvalue weighted by Gasteiger charge is -2.23. The molecule has 0 aromatic heterocycles. The average molecular weight is 249 g/mol. The molecule has 0 bridgehead atoms. The van der Waals surface area contributed by atoms with Crippen molar-refractivity contribution in [1.82, 2.24) is 0 Å². The van der Waals surface area contributed by atoms with E-state index in [9.17, 15) is 5.11 Å². The molecule has 1 aliphatic heterocycles. The molecule has 3 N–H and O–H groups in total. The Kier molecular flexibility index (Phi) is 2.63. The van der Waals surface area contributed by atoms with Gasteiger partial charge in [0.2, 0.25) is 5.75 Å². The van der Waals surface area contributed by atoms with Crippen molar-refractivity contribution in [3.63, 3.8) is 0 Å². The summed E-state index contributed by atoms with van der Waals surface area (Å²) in [4.78, 5) is 0. The molecule has 1 unspecified atom stereocenters. The molecule has 3 rings (SSSR count). The van der Waals surface area contributed by atoms with Gasteiger partial charge in [0.1, 0.15) is 0 Å². The Morgan fingerprint density at radius 2 is 2.00 bits per heavy atom. The molecule has 0 saturated heterocycles. The number of phenolic OH excluding ortho intramolecular Hbond substituents is 1. The zero-order valence-electron chi connectivity index (χ0n) is 10.6. The number of hydrogen-bond donors (Lipinski definition) is 2. The van der Waals surface area contributed by atoms with E-state index in [0.29, 0.717) is 24.7 Å². The highest BCUT2D eigenvalue weighted by Crippen LogP contribution is 2.56. The van der Waals surface area contributed by atoms with Gasteiger partial charge in [-0.3, -0.25) is 0 Å². The summed E-state index contributed by atoms with van der Waals surface area (Å²) in [7, 11) is 0. The van der Waals surface area contributed by atoms with Gasteiger partial charge < -0.3 is 20.3 Å². The minimum Gasteiger partial charge on any atom is -0.504 e. The smallest absolute Gasteiger partial charge is 0.203 e. The van der Waals surface area contributed by atoms with E-state index in [-0.39, 0.29) is 17.2 Å². The largest absolute Gasteiger partial charge is 0.504 e. The number of nitrogens with two attached hydrogens (primary N) is 1. The third-order valence-electron chi connectivity index (χ3n) is 4.08. The minimum absolute atomic E-state index is 0.0353. The summed E-state index contributed by atoms with van der Waals surface area (Å²) in [6.07, 6.45) is 2.89. The highest BCUT2D eigenvalue weighted by atomic mass is 16.5. The molecule has 1 aromatic rings. The fourth-order valence-electron chi connectivity index (χ4n) is 2.73. The molecule has 98 valence electrons. The lowest BCUT2D eigenvalue weighted by molar-refractivity contribution is 0.290. The highest BCUT2D eigenvalue weighted by molar-refractivity contribution is 5.59. The third-order valence-corrected chi connectivity index (χ3v) is 4.08. The van der Waals surface area contributed by atoms with Gasteiger partial charge in [-0.25, -0.2) is 0 Å². The summed E-state index contributed by atoms with van der Waals surface area (Å²) in [6.45, 7) is 3.20. The van der Waals surface area contributed by atoms with Crippen molar-refractivity contribution >= 4 is 0 Å². The maximum atomic E-state index is 10.4. The topological polar surface area (TPSA) is 64.7 Å². The van der Waals surface area contributed by atoms with Gasteiger partial charge in [-0.15, -0.1) is 0 Å². The van der Waals surface area contributed by atoms with Gasteiger partial charge >= 0.3 is 0 Å². The van der Waals surface area contributed by atoms with Gasteiger partial charge in [-0.1, -0.05) is 6.07 Å². The number of rotatable bonds is 2. The van der Waals surface area contributed by atoms with Crippen LogP contribution < -0.4 is 15.2 Å². The van der Waals surface area contributed by atoms with E-state index < -0.39 is 0 Å². The van der Waals surface area contributed by atoms with Gasteiger partial charge in [-0.2, -0.15) is 0 Å². The lowest BCUT2D eigenvalue weighted by atomic mass is 9.88. The Morgan fingerprint density at radius 3 is 2.67 bits per heavy atom. The monoisotopic (exact) mass is 249 g/mol. The van der Waals surface area contributed by atoms with Crippen LogP contribution in [0, 0.1) is 0 Å². The predicted molar refractivity (Wildman–Crippen MR) is 68.3 cm³/mol. The van der Waals surface area contributed by atoms with E-state index in [0.717, 1.165) is 24.8 Å². The van der Waals surface area contributed by atoms with Crippen molar-refractivity contribution in [1.29, 1.82) is 0 Å². The van der Waals surface area contributed by atoms with Crippen LogP contribution in [0.4, 0.5) is 0 Å². The molecule has 1 aliphatic carbocycles. The van der Waals surface area contributed by atoms with Gasteiger partial charge in [0.05, 0.1) is 13.2 Å². The SMILES string of the molecule is CC(N)C1(c2ccc3c(c2O)OCCCO3)CC1. The molecule has 1 aromatic carbocycles. The fourth-order valence-corrected chi connectivity index (χ4v) is 2.73. The van der Waals surface area contributed by atoms with Crippen molar-refractivity contribution < 1.29 is 14.6 Å². The van der Waals surface area contributed by atoms with Gasteiger partial charge in [0.25, 0.3) is 0 Å². The molecular formula is C14H19NO3. The molecule has 1 saturated carbocycles. The molecule has 1 fully saturated rings. The van der Waals surface area contributed by atoms with Gasteiger partial charge in [0.15, 0.2) is 11.5 Å². The van der Waals surface area contributed by atoms with Crippen molar-refractivity contribution in [2.24, 2.45) is 5.73 Å². The first kappa shape index (κ1) is 11.7. The molecule has 2 aliphatic rings. The Hall–Kier alpha value is -1.42. The van der Waals surface area contributed by atoms with E-state index >= 15 is 0 Å². The Balaban J connectivity index is 2.05. The summed E-state index contributed by atoms with van der Waals surface area (Å²) in [5.74, 6) is 1.33. The first-order valence-electron chi connectivity index (χ1n) is 6.53. The number of phenols is 1. The minimum atomic E-state index is -0.0746. The number of fused-ring (bicyclic) bond motifs is 1. The number of hydrogen-bond acceptors (Lipinski definition) is 4. The van der Waals surface area contributed by atoms with Crippen LogP contribution in [0.15, 0.2) is 12.1 Å². The molecule has 1 atom stereocenters. The zero-order chi connectivity index (χ0) is 12.8. The first-order chi connectivity index (χ1) is 8.65. The summed E-state index contributed by atoms with van der Waals surface area (Å²) in [5.41, 5.74) is 6.89. The lowest BCUT2D eigenvalue weighted by Crippen LogP contribution is -2.31. The number of aromatic hydroxyl groups is 1. The number of ether oxygens (including phenoxy) is 2. The molecule has 0 radical (unpaired) electrons. The molecule has 4 nitrogen and oxygen atoms in total. The highest BCUT2D eigenvalue weighted by Gasteiger charge is 2.49. The Labute approximate surface area is 107 Å².